The predicted octanol–water partition coefficient (Wildman–Crippen LogP) is 4.28. The molecule has 2 aliphatic rings. The summed E-state index contributed by atoms with van der Waals surface area (Å²) in [5.74, 6) is -0.0783. The molecule has 1 saturated heterocycles. The van der Waals surface area contributed by atoms with E-state index in [1.807, 2.05) is 0 Å². The molecule has 3 aromatic rings. The zero-order chi connectivity index (χ0) is 21.8. The number of aryl methyl sites for hydroxylation is 1. The van der Waals surface area contributed by atoms with E-state index in [9.17, 15) is 17.2 Å². The van der Waals surface area contributed by atoms with Crippen molar-refractivity contribution in [2.24, 2.45) is 5.41 Å². The Morgan fingerprint density at radius 3 is 2.55 bits per heavy atom. The van der Waals surface area contributed by atoms with Crippen molar-refractivity contribution in [3.63, 3.8) is 0 Å². The Hall–Kier alpha value is -2.65. The molecule has 1 aromatic heterocycles. The van der Waals surface area contributed by atoms with Gasteiger partial charge in [-0.15, -0.1) is 10.2 Å². The highest BCUT2D eigenvalue weighted by Crippen LogP contribution is 2.64. The number of piperidine rings is 1. The molecule has 0 bridgehead atoms. The van der Waals surface area contributed by atoms with Crippen molar-refractivity contribution in [2.45, 2.75) is 37.0 Å². The van der Waals surface area contributed by atoms with Crippen molar-refractivity contribution in [3.8, 4) is 11.5 Å². The minimum Gasteiger partial charge on any atom is -0.420 e. The molecule has 31 heavy (non-hydrogen) atoms. The van der Waals surface area contributed by atoms with Gasteiger partial charge in [-0.05, 0) is 67.5 Å². The highest BCUT2D eigenvalue weighted by Gasteiger charge is 2.59. The van der Waals surface area contributed by atoms with Crippen molar-refractivity contribution >= 4 is 10.0 Å². The van der Waals surface area contributed by atoms with Crippen molar-refractivity contribution in [1.82, 2.24) is 14.5 Å². The van der Waals surface area contributed by atoms with Gasteiger partial charge in [0.1, 0.15) is 11.6 Å². The van der Waals surface area contributed by atoms with Gasteiger partial charge < -0.3 is 4.42 Å². The van der Waals surface area contributed by atoms with Crippen LogP contribution in [0.25, 0.3) is 11.5 Å². The molecule has 2 fully saturated rings. The van der Waals surface area contributed by atoms with Gasteiger partial charge >= 0.3 is 0 Å². The SMILES string of the molecule is Cc1ccc(F)cc1S(=O)(=O)N1CCC2(CC1)CC2c1nnc(-c2cccc(F)c2)o1. The van der Waals surface area contributed by atoms with Crippen LogP contribution >= 0.6 is 0 Å². The van der Waals surface area contributed by atoms with Crippen LogP contribution in [0.15, 0.2) is 51.8 Å². The lowest BCUT2D eigenvalue weighted by Crippen LogP contribution is -2.39. The van der Waals surface area contributed by atoms with E-state index in [-0.39, 0.29) is 27.9 Å². The summed E-state index contributed by atoms with van der Waals surface area (Å²) in [6.07, 6.45) is 2.19. The molecule has 1 unspecified atom stereocenters. The first-order valence-electron chi connectivity index (χ1n) is 10.1. The Morgan fingerprint density at radius 1 is 1.06 bits per heavy atom. The molecular weight excluding hydrogens is 424 g/mol. The van der Waals surface area contributed by atoms with Crippen LogP contribution in [0.2, 0.25) is 0 Å². The van der Waals surface area contributed by atoms with Crippen molar-refractivity contribution in [1.29, 1.82) is 0 Å². The Bertz CT molecular complexity index is 1250. The normalized spacial score (nSPS) is 20.8. The molecule has 0 N–H and O–H groups in total. The van der Waals surface area contributed by atoms with E-state index in [1.54, 1.807) is 19.1 Å². The van der Waals surface area contributed by atoms with Gasteiger partial charge in [0.25, 0.3) is 0 Å². The fraction of sp³-hybridized carbons (Fsp3) is 0.364. The average molecular weight is 445 g/mol. The average Bonchev–Trinajstić information content (AvgIpc) is 3.21. The van der Waals surface area contributed by atoms with E-state index in [0.29, 0.717) is 42.9 Å². The highest BCUT2D eigenvalue weighted by atomic mass is 32.2. The molecule has 9 heteroatoms. The van der Waals surface area contributed by atoms with Gasteiger partial charge in [-0.2, -0.15) is 4.31 Å². The van der Waals surface area contributed by atoms with Crippen LogP contribution in [0.3, 0.4) is 0 Å². The molecule has 2 heterocycles. The summed E-state index contributed by atoms with van der Waals surface area (Å²) in [4.78, 5) is 0.0208. The first-order valence-corrected chi connectivity index (χ1v) is 11.6. The first kappa shape index (κ1) is 20.3. The summed E-state index contributed by atoms with van der Waals surface area (Å²) < 4.78 is 60.4. The maximum atomic E-state index is 13.6. The smallest absolute Gasteiger partial charge is 0.247 e. The molecule has 1 spiro atoms. The molecule has 1 aliphatic carbocycles. The summed E-state index contributed by atoms with van der Waals surface area (Å²) in [5, 5.41) is 8.21. The topological polar surface area (TPSA) is 76.3 Å². The van der Waals surface area contributed by atoms with Crippen LogP contribution in [-0.4, -0.2) is 36.0 Å². The summed E-state index contributed by atoms with van der Waals surface area (Å²) in [6, 6.07) is 9.82. The number of hydrogen-bond acceptors (Lipinski definition) is 5. The third-order valence-corrected chi connectivity index (χ3v) is 8.53. The molecule has 6 nitrogen and oxygen atoms in total. The lowest BCUT2D eigenvalue weighted by Gasteiger charge is -2.32. The first-order chi connectivity index (χ1) is 14.8. The maximum absolute atomic E-state index is 13.6. The Kier molecular flexibility index (Phi) is 4.71. The molecule has 0 radical (unpaired) electrons. The maximum Gasteiger partial charge on any atom is 0.247 e. The van der Waals surface area contributed by atoms with Gasteiger partial charge in [-0.3, -0.25) is 0 Å². The molecule has 1 saturated carbocycles. The minimum absolute atomic E-state index is 0.0208. The molecule has 162 valence electrons. The monoisotopic (exact) mass is 445 g/mol. The Balaban J connectivity index is 1.29. The highest BCUT2D eigenvalue weighted by molar-refractivity contribution is 7.89. The molecule has 0 amide bonds. The Labute approximate surface area is 179 Å². The third kappa shape index (κ3) is 3.55. The number of benzene rings is 2. The van der Waals surface area contributed by atoms with Crippen LogP contribution in [0.4, 0.5) is 8.78 Å². The largest absolute Gasteiger partial charge is 0.420 e. The van der Waals surface area contributed by atoms with Crippen LogP contribution in [0, 0.1) is 24.0 Å². The zero-order valence-electron chi connectivity index (χ0n) is 16.9. The second kappa shape index (κ2) is 7.20. The van der Waals surface area contributed by atoms with Gasteiger partial charge in [-0.1, -0.05) is 12.1 Å². The van der Waals surface area contributed by atoms with Gasteiger partial charge in [0, 0.05) is 24.6 Å². The van der Waals surface area contributed by atoms with E-state index in [2.05, 4.69) is 10.2 Å². The lowest BCUT2D eigenvalue weighted by molar-refractivity contribution is 0.246. The fourth-order valence-corrected chi connectivity index (χ4v) is 6.20. The second-order valence-corrected chi connectivity index (χ2v) is 10.3. The van der Waals surface area contributed by atoms with E-state index < -0.39 is 15.8 Å². The molecule has 2 aromatic carbocycles. The minimum atomic E-state index is -3.75. The lowest BCUT2D eigenvalue weighted by atomic mass is 9.92. The number of hydrogen-bond donors (Lipinski definition) is 0. The summed E-state index contributed by atoms with van der Waals surface area (Å²) in [5.41, 5.74) is 0.996. The summed E-state index contributed by atoms with van der Waals surface area (Å²) in [7, 11) is -3.75. The van der Waals surface area contributed by atoms with Crippen LogP contribution < -0.4 is 0 Å². The van der Waals surface area contributed by atoms with Gasteiger partial charge in [0.2, 0.25) is 21.8 Å². The zero-order valence-corrected chi connectivity index (χ0v) is 17.7. The van der Waals surface area contributed by atoms with Crippen molar-refractivity contribution < 1.29 is 21.6 Å². The molecule has 1 aliphatic heterocycles. The fourth-order valence-electron chi connectivity index (χ4n) is 4.53. The van der Waals surface area contributed by atoms with E-state index in [1.165, 1.54) is 28.6 Å². The van der Waals surface area contributed by atoms with Crippen molar-refractivity contribution in [3.05, 3.63) is 65.6 Å². The van der Waals surface area contributed by atoms with Gasteiger partial charge in [-0.25, -0.2) is 17.2 Å². The molecule has 5 rings (SSSR count). The van der Waals surface area contributed by atoms with Gasteiger partial charge in [0.05, 0.1) is 4.90 Å². The van der Waals surface area contributed by atoms with E-state index >= 15 is 0 Å². The Morgan fingerprint density at radius 2 is 1.81 bits per heavy atom. The van der Waals surface area contributed by atoms with Crippen molar-refractivity contribution in [2.75, 3.05) is 13.1 Å². The molecular formula is C22H21F2N3O3S. The molecule has 1 atom stereocenters. The standard InChI is InChI=1S/C22H21F2N3O3S/c1-14-5-6-17(24)12-19(14)31(28,29)27-9-7-22(8-10-27)13-18(22)21-26-25-20(30-21)15-3-2-4-16(23)11-15/h2-6,11-12,18H,7-10,13H2,1H3. The van der Waals surface area contributed by atoms with E-state index in [0.717, 1.165) is 12.5 Å². The van der Waals surface area contributed by atoms with Gasteiger partial charge in [0.15, 0.2) is 0 Å². The number of rotatable bonds is 4. The number of aromatic nitrogens is 2. The number of sulfonamides is 1. The van der Waals surface area contributed by atoms with Crippen LogP contribution in [-0.2, 0) is 10.0 Å². The van der Waals surface area contributed by atoms with Crippen LogP contribution in [0.1, 0.15) is 36.6 Å². The summed E-state index contributed by atoms with van der Waals surface area (Å²) in [6.45, 7) is 2.39. The second-order valence-electron chi connectivity index (χ2n) is 8.39. The van der Waals surface area contributed by atoms with E-state index in [4.69, 9.17) is 4.42 Å². The number of halogens is 2. The predicted molar refractivity (Wildman–Crippen MR) is 109 cm³/mol. The number of nitrogens with zero attached hydrogens (tertiary/aromatic N) is 3. The third-order valence-electron chi connectivity index (χ3n) is 6.49. The quantitative estimate of drug-likeness (QED) is 0.599. The van der Waals surface area contributed by atoms with Crippen LogP contribution in [0.5, 0.6) is 0 Å². The summed E-state index contributed by atoms with van der Waals surface area (Å²) >= 11 is 0.